The standard InChI is InChI=1S/C24H26N4O4/c1-16-6-3-4-9-20(16)22-26-21(32-27-22)15-28-12-10-17(11-13-28)23(29)25-19-8-5-7-18(14-19)24(30)31-2/h3-9,14,17H,10-13,15H2,1-2H3,(H,25,29). The lowest BCUT2D eigenvalue weighted by Gasteiger charge is -2.30. The fourth-order valence-electron chi connectivity index (χ4n) is 3.88. The van der Waals surface area contributed by atoms with Gasteiger partial charge in [-0.2, -0.15) is 4.98 Å². The fourth-order valence-corrected chi connectivity index (χ4v) is 3.88. The first-order valence-corrected chi connectivity index (χ1v) is 10.6. The molecule has 8 heteroatoms. The summed E-state index contributed by atoms with van der Waals surface area (Å²) in [7, 11) is 1.33. The van der Waals surface area contributed by atoms with Crippen LogP contribution in [-0.4, -0.2) is 47.1 Å². The van der Waals surface area contributed by atoms with Crippen molar-refractivity contribution < 1.29 is 18.8 Å². The summed E-state index contributed by atoms with van der Waals surface area (Å²) in [6, 6.07) is 14.7. The van der Waals surface area contributed by atoms with Crippen LogP contribution < -0.4 is 5.32 Å². The minimum absolute atomic E-state index is 0.0358. The molecule has 2 aromatic carbocycles. The monoisotopic (exact) mass is 434 g/mol. The van der Waals surface area contributed by atoms with Crippen molar-refractivity contribution >= 4 is 17.6 Å². The lowest BCUT2D eigenvalue weighted by atomic mass is 9.95. The number of methoxy groups -OCH3 is 1. The van der Waals surface area contributed by atoms with E-state index in [0.717, 1.165) is 37.1 Å². The summed E-state index contributed by atoms with van der Waals surface area (Å²) in [5, 5.41) is 7.03. The maximum absolute atomic E-state index is 12.7. The zero-order chi connectivity index (χ0) is 22.5. The third-order valence-electron chi connectivity index (χ3n) is 5.72. The molecule has 0 bridgehead atoms. The van der Waals surface area contributed by atoms with Crippen LogP contribution in [0.25, 0.3) is 11.4 Å². The molecule has 1 N–H and O–H groups in total. The number of hydrogen-bond donors (Lipinski definition) is 1. The SMILES string of the molecule is COC(=O)c1cccc(NC(=O)C2CCN(Cc3nc(-c4ccccc4C)no3)CC2)c1. The van der Waals surface area contributed by atoms with Crippen molar-refractivity contribution in [2.24, 2.45) is 5.92 Å². The first-order chi connectivity index (χ1) is 15.5. The van der Waals surface area contributed by atoms with E-state index in [-0.39, 0.29) is 11.8 Å². The molecule has 1 saturated heterocycles. The summed E-state index contributed by atoms with van der Waals surface area (Å²) in [5.41, 5.74) is 3.07. The number of benzene rings is 2. The van der Waals surface area contributed by atoms with Crippen molar-refractivity contribution in [1.82, 2.24) is 15.0 Å². The molecule has 32 heavy (non-hydrogen) atoms. The molecule has 1 fully saturated rings. The highest BCUT2D eigenvalue weighted by atomic mass is 16.5. The molecular weight excluding hydrogens is 408 g/mol. The third kappa shape index (κ3) is 5.03. The van der Waals surface area contributed by atoms with Crippen LogP contribution >= 0.6 is 0 Å². The van der Waals surface area contributed by atoms with E-state index in [1.54, 1.807) is 24.3 Å². The average Bonchev–Trinajstić information content (AvgIpc) is 3.27. The van der Waals surface area contributed by atoms with Gasteiger partial charge in [-0.3, -0.25) is 9.69 Å². The molecule has 1 aromatic heterocycles. The van der Waals surface area contributed by atoms with Gasteiger partial charge in [-0.1, -0.05) is 35.5 Å². The molecule has 1 aliphatic rings. The second-order valence-corrected chi connectivity index (χ2v) is 7.94. The molecule has 1 aliphatic heterocycles. The Morgan fingerprint density at radius 3 is 2.69 bits per heavy atom. The van der Waals surface area contributed by atoms with Gasteiger partial charge in [0.15, 0.2) is 0 Å². The van der Waals surface area contributed by atoms with Crippen LogP contribution in [0, 0.1) is 12.8 Å². The van der Waals surface area contributed by atoms with Gasteiger partial charge >= 0.3 is 5.97 Å². The van der Waals surface area contributed by atoms with Crippen LogP contribution in [0.5, 0.6) is 0 Å². The number of piperidine rings is 1. The normalized spacial score (nSPS) is 14.8. The van der Waals surface area contributed by atoms with Gasteiger partial charge in [0.05, 0.1) is 19.2 Å². The molecule has 4 rings (SSSR count). The van der Waals surface area contributed by atoms with Crippen LogP contribution in [-0.2, 0) is 16.1 Å². The summed E-state index contributed by atoms with van der Waals surface area (Å²) in [6.07, 6.45) is 1.47. The first kappa shape index (κ1) is 21.7. The van der Waals surface area contributed by atoms with Gasteiger partial charge in [-0.25, -0.2) is 4.79 Å². The number of likely N-dealkylation sites (tertiary alicyclic amines) is 1. The van der Waals surface area contributed by atoms with Crippen LogP contribution in [0.15, 0.2) is 53.1 Å². The number of aromatic nitrogens is 2. The van der Waals surface area contributed by atoms with Gasteiger partial charge < -0.3 is 14.6 Å². The Balaban J connectivity index is 1.30. The fraction of sp³-hybridized carbons (Fsp3) is 0.333. The summed E-state index contributed by atoms with van der Waals surface area (Å²) in [4.78, 5) is 31.1. The summed E-state index contributed by atoms with van der Waals surface area (Å²) < 4.78 is 10.2. The minimum atomic E-state index is -0.430. The molecule has 166 valence electrons. The van der Waals surface area contributed by atoms with Crippen LogP contribution in [0.1, 0.15) is 34.7 Å². The Bertz CT molecular complexity index is 1100. The molecule has 0 radical (unpaired) electrons. The molecule has 8 nitrogen and oxygen atoms in total. The maximum Gasteiger partial charge on any atom is 0.337 e. The Hall–Kier alpha value is -3.52. The van der Waals surface area contributed by atoms with Crippen LogP contribution in [0.2, 0.25) is 0 Å². The van der Waals surface area contributed by atoms with Crippen LogP contribution in [0.4, 0.5) is 5.69 Å². The van der Waals surface area contributed by atoms with E-state index >= 15 is 0 Å². The molecule has 0 unspecified atom stereocenters. The number of nitrogens with zero attached hydrogens (tertiary/aromatic N) is 3. The van der Waals surface area contributed by atoms with E-state index < -0.39 is 5.97 Å². The van der Waals surface area contributed by atoms with Crippen molar-refractivity contribution in [1.29, 1.82) is 0 Å². The summed E-state index contributed by atoms with van der Waals surface area (Å²) in [5.74, 6) is 0.623. The Labute approximate surface area is 186 Å². The van der Waals surface area contributed by atoms with Crippen LogP contribution in [0.3, 0.4) is 0 Å². The lowest BCUT2D eigenvalue weighted by molar-refractivity contribution is -0.121. The molecule has 0 spiro atoms. The van der Waals surface area contributed by atoms with Gasteiger partial charge in [-0.15, -0.1) is 0 Å². The van der Waals surface area contributed by atoms with Gasteiger partial charge in [0.25, 0.3) is 0 Å². The Morgan fingerprint density at radius 2 is 1.94 bits per heavy atom. The highest BCUT2D eigenvalue weighted by Crippen LogP contribution is 2.23. The van der Waals surface area contributed by atoms with E-state index in [2.05, 4.69) is 20.4 Å². The third-order valence-corrected chi connectivity index (χ3v) is 5.72. The number of esters is 1. The number of carbonyl (C=O) groups excluding carboxylic acids is 2. The van der Waals surface area contributed by atoms with Crippen molar-refractivity contribution in [3.8, 4) is 11.4 Å². The second kappa shape index (κ2) is 9.74. The van der Waals surface area contributed by atoms with E-state index in [1.807, 2.05) is 31.2 Å². The number of ether oxygens (including phenoxy) is 1. The molecule has 0 saturated carbocycles. The molecule has 1 amide bonds. The predicted octanol–water partition coefficient (Wildman–Crippen LogP) is 3.68. The van der Waals surface area contributed by atoms with Crippen molar-refractivity contribution in [3.63, 3.8) is 0 Å². The zero-order valence-electron chi connectivity index (χ0n) is 18.2. The molecule has 2 heterocycles. The number of carbonyl (C=O) groups is 2. The zero-order valence-corrected chi connectivity index (χ0v) is 18.2. The highest BCUT2D eigenvalue weighted by molar-refractivity contribution is 5.95. The van der Waals surface area contributed by atoms with E-state index in [9.17, 15) is 9.59 Å². The Kier molecular flexibility index (Phi) is 6.61. The van der Waals surface area contributed by atoms with E-state index in [1.165, 1.54) is 7.11 Å². The highest BCUT2D eigenvalue weighted by Gasteiger charge is 2.26. The largest absolute Gasteiger partial charge is 0.465 e. The maximum atomic E-state index is 12.7. The van der Waals surface area contributed by atoms with E-state index in [0.29, 0.717) is 29.5 Å². The average molecular weight is 434 g/mol. The van der Waals surface area contributed by atoms with Crippen molar-refractivity contribution in [3.05, 3.63) is 65.5 Å². The number of aryl methyl sites for hydroxylation is 1. The second-order valence-electron chi connectivity index (χ2n) is 7.94. The van der Waals surface area contributed by atoms with E-state index in [4.69, 9.17) is 9.26 Å². The molecule has 0 atom stereocenters. The lowest BCUT2D eigenvalue weighted by Crippen LogP contribution is -2.37. The van der Waals surface area contributed by atoms with Gasteiger partial charge in [0.2, 0.25) is 17.6 Å². The summed E-state index contributed by atoms with van der Waals surface area (Å²) in [6.45, 7) is 4.12. The van der Waals surface area contributed by atoms with Gasteiger partial charge in [-0.05, 0) is 56.6 Å². The van der Waals surface area contributed by atoms with Crippen molar-refractivity contribution in [2.45, 2.75) is 26.3 Å². The Morgan fingerprint density at radius 1 is 1.16 bits per heavy atom. The van der Waals surface area contributed by atoms with Crippen molar-refractivity contribution in [2.75, 3.05) is 25.5 Å². The topological polar surface area (TPSA) is 97.6 Å². The number of rotatable bonds is 6. The number of nitrogens with one attached hydrogen (secondary N) is 1. The smallest absolute Gasteiger partial charge is 0.337 e. The number of amides is 1. The van der Waals surface area contributed by atoms with Gasteiger partial charge in [0, 0.05) is 17.2 Å². The summed E-state index contributed by atoms with van der Waals surface area (Å²) >= 11 is 0. The van der Waals surface area contributed by atoms with Gasteiger partial charge in [0.1, 0.15) is 0 Å². The first-order valence-electron chi connectivity index (χ1n) is 10.6. The number of hydrogen-bond acceptors (Lipinski definition) is 7. The molecular formula is C24H26N4O4. The predicted molar refractivity (Wildman–Crippen MR) is 119 cm³/mol. The number of anilines is 1. The quantitative estimate of drug-likeness (QED) is 0.591. The molecule has 0 aliphatic carbocycles. The minimum Gasteiger partial charge on any atom is -0.465 e. The molecule has 3 aromatic rings.